The molecule has 0 aliphatic heterocycles. The second kappa shape index (κ2) is 6.32. The summed E-state index contributed by atoms with van der Waals surface area (Å²) < 4.78 is 4.95. The standard InChI is InChI=1S/C15H14N6O3/c1-10-8-12(19-24-10)18-14-13(21(22)23)15(17-9-16-14)20(2)11-6-4-3-5-7-11/h3-9H,1-2H3,(H,16,17,18,19). The highest BCUT2D eigenvalue weighted by atomic mass is 16.6. The zero-order valence-electron chi connectivity index (χ0n) is 13.0. The van der Waals surface area contributed by atoms with Crippen LogP contribution in [0.1, 0.15) is 5.76 Å². The van der Waals surface area contributed by atoms with Crippen LogP contribution in [0.3, 0.4) is 0 Å². The number of nitrogens with one attached hydrogen (secondary N) is 1. The molecule has 0 amide bonds. The van der Waals surface area contributed by atoms with Crippen LogP contribution in [0, 0.1) is 17.0 Å². The Labute approximate surface area is 137 Å². The predicted molar refractivity (Wildman–Crippen MR) is 87.7 cm³/mol. The lowest BCUT2D eigenvalue weighted by molar-refractivity contribution is -0.383. The summed E-state index contributed by atoms with van der Waals surface area (Å²) in [6, 6.07) is 10.8. The molecule has 0 fully saturated rings. The fourth-order valence-electron chi connectivity index (χ4n) is 2.20. The molecular weight excluding hydrogens is 312 g/mol. The first-order valence-electron chi connectivity index (χ1n) is 7.05. The average molecular weight is 326 g/mol. The Kier molecular flexibility index (Phi) is 4.06. The van der Waals surface area contributed by atoms with Crippen molar-refractivity contribution in [1.82, 2.24) is 15.1 Å². The van der Waals surface area contributed by atoms with Gasteiger partial charge in [-0.2, -0.15) is 0 Å². The lowest BCUT2D eigenvalue weighted by Crippen LogP contribution is -2.15. The zero-order valence-corrected chi connectivity index (χ0v) is 13.0. The van der Waals surface area contributed by atoms with Crippen LogP contribution < -0.4 is 10.2 Å². The first kappa shape index (κ1) is 15.4. The molecule has 24 heavy (non-hydrogen) atoms. The van der Waals surface area contributed by atoms with Crippen molar-refractivity contribution in [2.75, 3.05) is 17.3 Å². The van der Waals surface area contributed by atoms with Crippen LogP contribution in [0.5, 0.6) is 0 Å². The Hall–Kier alpha value is -3.49. The highest BCUT2D eigenvalue weighted by Gasteiger charge is 2.26. The number of nitro groups is 1. The summed E-state index contributed by atoms with van der Waals surface area (Å²) in [5.41, 5.74) is 0.520. The highest BCUT2D eigenvalue weighted by molar-refractivity contribution is 5.77. The molecule has 0 atom stereocenters. The van der Waals surface area contributed by atoms with Crippen LogP contribution in [0.2, 0.25) is 0 Å². The monoisotopic (exact) mass is 326 g/mol. The van der Waals surface area contributed by atoms with Gasteiger partial charge in [-0.25, -0.2) is 9.97 Å². The van der Waals surface area contributed by atoms with E-state index in [2.05, 4.69) is 20.4 Å². The lowest BCUT2D eigenvalue weighted by atomic mass is 10.3. The Balaban J connectivity index is 2.04. The molecule has 0 spiro atoms. The fourth-order valence-corrected chi connectivity index (χ4v) is 2.20. The van der Waals surface area contributed by atoms with Crippen molar-refractivity contribution in [3.63, 3.8) is 0 Å². The van der Waals surface area contributed by atoms with Crippen molar-refractivity contribution in [2.45, 2.75) is 6.92 Å². The molecule has 0 aliphatic carbocycles. The van der Waals surface area contributed by atoms with E-state index in [1.807, 2.05) is 30.3 Å². The Bertz CT molecular complexity index is 865. The van der Waals surface area contributed by atoms with Gasteiger partial charge in [-0.3, -0.25) is 10.1 Å². The summed E-state index contributed by atoms with van der Waals surface area (Å²) in [4.78, 5) is 20.7. The third-order valence-corrected chi connectivity index (χ3v) is 3.32. The van der Waals surface area contributed by atoms with Gasteiger partial charge in [0.1, 0.15) is 12.1 Å². The smallest absolute Gasteiger partial charge is 0.354 e. The quantitative estimate of drug-likeness (QED) is 0.562. The van der Waals surface area contributed by atoms with Crippen LogP contribution in [-0.4, -0.2) is 27.1 Å². The van der Waals surface area contributed by atoms with Gasteiger partial charge in [0.05, 0.1) is 4.92 Å². The van der Waals surface area contributed by atoms with E-state index in [1.54, 1.807) is 24.9 Å². The van der Waals surface area contributed by atoms with Crippen LogP contribution in [-0.2, 0) is 0 Å². The van der Waals surface area contributed by atoms with Gasteiger partial charge in [0.25, 0.3) is 0 Å². The molecule has 9 nitrogen and oxygen atoms in total. The maximum Gasteiger partial charge on any atom is 0.354 e. The van der Waals surface area contributed by atoms with Crippen molar-refractivity contribution in [2.24, 2.45) is 0 Å². The molecule has 0 bridgehead atoms. The molecule has 0 aliphatic rings. The molecular formula is C15H14N6O3. The maximum atomic E-state index is 11.6. The van der Waals surface area contributed by atoms with Crippen molar-refractivity contribution in [1.29, 1.82) is 0 Å². The largest absolute Gasteiger partial charge is 0.360 e. The van der Waals surface area contributed by atoms with E-state index in [-0.39, 0.29) is 17.3 Å². The minimum atomic E-state index is -0.524. The molecule has 122 valence electrons. The second-order valence-corrected chi connectivity index (χ2v) is 4.99. The van der Waals surface area contributed by atoms with Crippen LogP contribution >= 0.6 is 0 Å². The number of aromatic nitrogens is 3. The molecule has 2 heterocycles. The second-order valence-electron chi connectivity index (χ2n) is 4.99. The van der Waals surface area contributed by atoms with Gasteiger partial charge in [-0.1, -0.05) is 23.4 Å². The molecule has 3 rings (SSSR count). The molecule has 0 unspecified atom stereocenters. The number of rotatable bonds is 5. The molecule has 0 saturated heterocycles. The Morgan fingerprint density at radius 1 is 1.25 bits per heavy atom. The van der Waals surface area contributed by atoms with Gasteiger partial charge in [-0.15, -0.1) is 0 Å². The summed E-state index contributed by atoms with van der Waals surface area (Å²) in [7, 11) is 1.70. The van der Waals surface area contributed by atoms with Crippen molar-refractivity contribution < 1.29 is 9.45 Å². The van der Waals surface area contributed by atoms with E-state index >= 15 is 0 Å². The van der Waals surface area contributed by atoms with Crippen molar-refractivity contribution in [3.8, 4) is 0 Å². The normalized spacial score (nSPS) is 10.4. The molecule has 3 aromatic rings. The topological polar surface area (TPSA) is 110 Å². The predicted octanol–water partition coefficient (Wildman–Crippen LogP) is 3.19. The highest BCUT2D eigenvalue weighted by Crippen LogP contribution is 2.35. The first-order chi connectivity index (χ1) is 11.6. The van der Waals surface area contributed by atoms with Crippen molar-refractivity contribution >= 4 is 28.8 Å². The van der Waals surface area contributed by atoms with Crippen LogP contribution in [0.15, 0.2) is 47.2 Å². The molecule has 9 heteroatoms. The minimum absolute atomic E-state index is 0.0427. The minimum Gasteiger partial charge on any atom is -0.360 e. The van der Waals surface area contributed by atoms with Crippen molar-refractivity contribution in [3.05, 3.63) is 58.6 Å². The maximum absolute atomic E-state index is 11.6. The number of para-hydroxylation sites is 1. The van der Waals surface area contributed by atoms with E-state index in [1.165, 1.54) is 6.33 Å². The van der Waals surface area contributed by atoms with E-state index < -0.39 is 4.92 Å². The number of hydrogen-bond acceptors (Lipinski definition) is 8. The lowest BCUT2D eigenvalue weighted by Gasteiger charge is -2.18. The first-order valence-corrected chi connectivity index (χ1v) is 7.05. The summed E-state index contributed by atoms with van der Waals surface area (Å²) in [5, 5.41) is 18.1. The molecule has 2 aromatic heterocycles. The Morgan fingerprint density at radius 2 is 2.00 bits per heavy atom. The fraction of sp³-hybridized carbons (Fsp3) is 0.133. The zero-order chi connectivity index (χ0) is 17.1. The van der Waals surface area contributed by atoms with Gasteiger partial charge >= 0.3 is 5.69 Å². The number of anilines is 4. The third kappa shape index (κ3) is 3.00. The summed E-state index contributed by atoms with van der Waals surface area (Å²) in [6.45, 7) is 1.72. The van der Waals surface area contributed by atoms with Gasteiger partial charge in [0, 0.05) is 18.8 Å². The average Bonchev–Trinajstić information content (AvgIpc) is 2.99. The van der Waals surface area contributed by atoms with E-state index in [0.717, 1.165) is 5.69 Å². The third-order valence-electron chi connectivity index (χ3n) is 3.32. The molecule has 1 aromatic carbocycles. The van der Waals surface area contributed by atoms with Crippen LogP contribution in [0.25, 0.3) is 0 Å². The summed E-state index contributed by atoms with van der Waals surface area (Å²) in [5.74, 6) is 1.13. The number of benzene rings is 1. The molecule has 1 N–H and O–H groups in total. The van der Waals surface area contributed by atoms with Gasteiger partial charge < -0.3 is 14.7 Å². The number of aryl methyl sites for hydroxylation is 1. The van der Waals surface area contributed by atoms with E-state index in [9.17, 15) is 10.1 Å². The number of hydrogen-bond donors (Lipinski definition) is 1. The molecule has 0 radical (unpaired) electrons. The van der Waals surface area contributed by atoms with Gasteiger partial charge in [-0.05, 0) is 19.1 Å². The van der Waals surface area contributed by atoms with E-state index in [0.29, 0.717) is 11.6 Å². The summed E-state index contributed by atoms with van der Waals surface area (Å²) in [6.07, 6.45) is 1.26. The SMILES string of the molecule is Cc1cc(Nc2ncnc(N(C)c3ccccc3)c2[N+](=O)[O-])no1. The van der Waals surface area contributed by atoms with Gasteiger partial charge in [0.15, 0.2) is 5.82 Å². The molecule has 0 saturated carbocycles. The van der Waals surface area contributed by atoms with Crippen LogP contribution in [0.4, 0.5) is 28.8 Å². The van der Waals surface area contributed by atoms with Gasteiger partial charge in [0.2, 0.25) is 11.6 Å². The number of nitrogens with zero attached hydrogens (tertiary/aromatic N) is 5. The van der Waals surface area contributed by atoms with E-state index in [4.69, 9.17) is 4.52 Å². The summed E-state index contributed by atoms with van der Waals surface area (Å²) >= 11 is 0. The Morgan fingerprint density at radius 3 is 2.62 bits per heavy atom.